The Morgan fingerprint density at radius 1 is 1.36 bits per heavy atom. The number of rotatable bonds is 5. The summed E-state index contributed by atoms with van der Waals surface area (Å²) < 4.78 is 5.40. The van der Waals surface area contributed by atoms with E-state index in [1.54, 1.807) is 0 Å². The molecule has 0 saturated heterocycles. The van der Waals surface area contributed by atoms with E-state index in [-0.39, 0.29) is 6.10 Å². The third-order valence-electron chi connectivity index (χ3n) is 1.94. The molecule has 11 heavy (non-hydrogen) atoms. The van der Waals surface area contributed by atoms with Gasteiger partial charge in [0.15, 0.2) is 0 Å². The third-order valence-corrected chi connectivity index (χ3v) is 1.94. The van der Waals surface area contributed by atoms with Crippen LogP contribution in [0.2, 0.25) is 0 Å². The normalized spacial score (nSPS) is 15.0. The Morgan fingerprint density at radius 2 is 1.91 bits per heavy atom. The fourth-order valence-corrected chi connectivity index (χ4v) is 0.737. The lowest BCUT2D eigenvalue weighted by molar-refractivity contribution is 0.0115. The first-order valence-electron chi connectivity index (χ1n) is 4.24. The van der Waals surface area contributed by atoms with Gasteiger partial charge in [0.25, 0.3) is 0 Å². The van der Waals surface area contributed by atoms with Gasteiger partial charge in [-0.1, -0.05) is 13.8 Å². The minimum atomic E-state index is -0.671. The molecule has 0 aliphatic heterocycles. The van der Waals surface area contributed by atoms with Crippen LogP contribution in [0, 0.1) is 0 Å². The Balaban J connectivity index is 3.71. The van der Waals surface area contributed by atoms with Gasteiger partial charge in [0.1, 0.15) is 0 Å². The summed E-state index contributed by atoms with van der Waals surface area (Å²) in [6.45, 7) is 6.68. The van der Waals surface area contributed by atoms with Crippen LogP contribution < -0.4 is 11.5 Å². The Labute approximate surface area is 69.1 Å². The van der Waals surface area contributed by atoms with E-state index in [2.05, 4.69) is 6.92 Å². The van der Waals surface area contributed by atoms with Crippen molar-refractivity contribution in [3.8, 4) is 0 Å². The van der Waals surface area contributed by atoms with Gasteiger partial charge in [0.2, 0.25) is 0 Å². The van der Waals surface area contributed by atoms with Crippen LogP contribution in [0.25, 0.3) is 0 Å². The summed E-state index contributed by atoms with van der Waals surface area (Å²) in [5.74, 6) is 0. The molecule has 4 N–H and O–H groups in total. The molecule has 0 heterocycles. The molecular formula is C8H20N2O. The number of hydrogen-bond acceptors (Lipinski definition) is 3. The zero-order valence-electron chi connectivity index (χ0n) is 7.76. The smallest absolute Gasteiger partial charge is 0.0900 e. The lowest BCUT2D eigenvalue weighted by atomic mass is 10.0. The van der Waals surface area contributed by atoms with Gasteiger partial charge < -0.3 is 16.2 Å². The lowest BCUT2D eigenvalue weighted by Gasteiger charge is -2.29. The van der Waals surface area contributed by atoms with Gasteiger partial charge in [-0.25, -0.2) is 0 Å². The zero-order chi connectivity index (χ0) is 8.91. The van der Waals surface area contributed by atoms with Gasteiger partial charge in [0, 0.05) is 6.61 Å². The predicted octanol–water partition coefficient (Wildman–Crippen LogP) is 0.825. The molecule has 0 spiro atoms. The van der Waals surface area contributed by atoms with Crippen molar-refractivity contribution in [2.24, 2.45) is 11.5 Å². The van der Waals surface area contributed by atoms with E-state index in [9.17, 15) is 0 Å². The average Bonchev–Trinajstić information content (AvgIpc) is 2.00. The van der Waals surface area contributed by atoms with Crippen molar-refractivity contribution >= 4 is 0 Å². The Kier molecular flexibility index (Phi) is 4.65. The molecule has 0 rings (SSSR count). The molecule has 0 amide bonds. The highest BCUT2D eigenvalue weighted by molar-refractivity contribution is 4.81. The molecule has 0 radical (unpaired) electrons. The molecule has 68 valence electrons. The van der Waals surface area contributed by atoms with E-state index in [1.165, 1.54) is 0 Å². The van der Waals surface area contributed by atoms with E-state index < -0.39 is 5.66 Å². The van der Waals surface area contributed by atoms with Crippen LogP contribution in [-0.2, 0) is 4.74 Å². The van der Waals surface area contributed by atoms with Gasteiger partial charge in [-0.2, -0.15) is 0 Å². The van der Waals surface area contributed by atoms with Gasteiger partial charge in [-0.05, 0) is 19.8 Å². The fourth-order valence-electron chi connectivity index (χ4n) is 0.737. The second kappa shape index (κ2) is 4.70. The first-order valence-corrected chi connectivity index (χ1v) is 4.24. The minimum Gasteiger partial charge on any atom is -0.375 e. The maximum absolute atomic E-state index is 5.75. The summed E-state index contributed by atoms with van der Waals surface area (Å²) in [7, 11) is 0. The van der Waals surface area contributed by atoms with Gasteiger partial charge in [-0.3, -0.25) is 0 Å². The molecule has 0 aliphatic carbocycles. The maximum Gasteiger partial charge on any atom is 0.0900 e. The molecular weight excluding hydrogens is 140 g/mol. The van der Waals surface area contributed by atoms with Gasteiger partial charge in [-0.15, -0.1) is 0 Å². The van der Waals surface area contributed by atoms with Crippen molar-refractivity contribution in [1.82, 2.24) is 0 Å². The summed E-state index contributed by atoms with van der Waals surface area (Å²) in [6.07, 6.45) is 1.68. The molecule has 0 aromatic carbocycles. The molecule has 0 saturated carbocycles. The second-order valence-electron chi connectivity index (χ2n) is 2.98. The van der Waals surface area contributed by atoms with Gasteiger partial charge in [0.05, 0.1) is 11.8 Å². The lowest BCUT2D eigenvalue weighted by Crippen LogP contribution is -2.58. The number of nitrogens with two attached hydrogens (primary N) is 2. The van der Waals surface area contributed by atoms with E-state index in [0.29, 0.717) is 0 Å². The topological polar surface area (TPSA) is 61.3 Å². The predicted molar refractivity (Wildman–Crippen MR) is 47.1 cm³/mol. The van der Waals surface area contributed by atoms with Crippen molar-refractivity contribution in [2.45, 2.75) is 45.4 Å². The van der Waals surface area contributed by atoms with Crippen LogP contribution >= 0.6 is 0 Å². The first-order chi connectivity index (χ1) is 5.04. The van der Waals surface area contributed by atoms with Crippen LogP contribution in [0.1, 0.15) is 33.6 Å². The fraction of sp³-hybridized carbons (Fsp3) is 1.00. The quantitative estimate of drug-likeness (QED) is 0.585. The number of ether oxygens (including phenoxy) is 1. The van der Waals surface area contributed by atoms with Crippen molar-refractivity contribution in [2.75, 3.05) is 6.61 Å². The minimum absolute atomic E-state index is 0.0625. The maximum atomic E-state index is 5.75. The van der Waals surface area contributed by atoms with Crippen LogP contribution in [0.15, 0.2) is 0 Å². The Morgan fingerprint density at radius 3 is 2.27 bits per heavy atom. The largest absolute Gasteiger partial charge is 0.375 e. The molecule has 0 fully saturated rings. The summed E-state index contributed by atoms with van der Waals surface area (Å²) >= 11 is 0. The monoisotopic (exact) mass is 160 g/mol. The molecule has 3 heteroatoms. The highest BCUT2D eigenvalue weighted by Gasteiger charge is 2.25. The van der Waals surface area contributed by atoms with E-state index in [0.717, 1.165) is 19.4 Å². The molecule has 0 aromatic rings. The highest BCUT2D eigenvalue weighted by Crippen LogP contribution is 2.08. The molecule has 0 bridgehead atoms. The first kappa shape index (κ1) is 10.9. The van der Waals surface area contributed by atoms with E-state index >= 15 is 0 Å². The average molecular weight is 160 g/mol. The molecule has 1 atom stereocenters. The number of hydrogen-bond donors (Lipinski definition) is 2. The summed E-state index contributed by atoms with van der Waals surface area (Å²) in [4.78, 5) is 0. The Hall–Kier alpha value is -0.120. The standard InChI is InChI=1S/C8H20N2O/c1-4-6-11-7(3)8(9,10)5-2/h7H,4-6,9-10H2,1-3H3. The summed E-state index contributed by atoms with van der Waals surface area (Å²) in [5, 5.41) is 0. The summed E-state index contributed by atoms with van der Waals surface area (Å²) in [6, 6.07) is 0. The molecule has 3 nitrogen and oxygen atoms in total. The summed E-state index contributed by atoms with van der Waals surface area (Å²) in [5.41, 5.74) is 10.8. The van der Waals surface area contributed by atoms with E-state index in [4.69, 9.17) is 16.2 Å². The van der Waals surface area contributed by atoms with Crippen LogP contribution in [0.5, 0.6) is 0 Å². The molecule has 0 aromatic heterocycles. The van der Waals surface area contributed by atoms with Crippen LogP contribution in [-0.4, -0.2) is 18.4 Å². The van der Waals surface area contributed by atoms with Crippen molar-refractivity contribution in [3.63, 3.8) is 0 Å². The van der Waals surface area contributed by atoms with E-state index in [1.807, 2.05) is 13.8 Å². The zero-order valence-corrected chi connectivity index (χ0v) is 7.76. The highest BCUT2D eigenvalue weighted by atomic mass is 16.5. The SMILES string of the molecule is CCCOC(C)C(N)(N)CC. The van der Waals surface area contributed by atoms with Crippen molar-refractivity contribution in [3.05, 3.63) is 0 Å². The third kappa shape index (κ3) is 3.70. The Bertz CT molecular complexity index is 104. The molecule has 1 unspecified atom stereocenters. The molecule has 0 aliphatic rings. The van der Waals surface area contributed by atoms with Crippen LogP contribution in [0.4, 0.5) is 0 Å². The van der Waals surface area contributed by atoms with Crippen LogP contribution in [0.3, 0.4) is 0 Å². The van der Waals surface area contributed by atoms with Crippen molar-refractivity contribution < 1.29 is 4.74 Å². The van der Waals surface area contributed by atoms with Crippen molar-refractivity contribution in [1.29, 1.82) is 0 Å². The second-order valence-corrected chi connectivity index (χ2v) is 2.98. The van der Waals surface area contributed by atoms with Gasteiger partial charge >= 0.3 is 0 Å².